The minimum absolute atomic E-state index is 0. The zero-order valence-electron chi connectivity index (χ0n) is 40.7. The summed E-state index contributed by atoms with van der Waals surface area (Å²) in [5, 5.41) is 61.2. The molecule has 376 valence electrons. The molecule has 0 bridgehead atoms. The van der Waals surface area contributed by atoms with Crippen LogP contribution in [-0.4, -0.2) is 64.9 Å². The molecule has 0 aliphatic heterocycles. The van der Waals surface area contributed by atoms with E-state index >= 15 is 0 Å². The van der Waals surface area contributed by atoms with Crippen molar-refractivity contribution >= 4 is 128 Å². The number of nitrogens with two attached hydrogens (primary N) is 2. The van der Waals surface area contributed by atoms with Gasteiger partial charge in [-0.05, 0) is 122 Å². The molecule has 0 aliphatic rings. The van der Waals surface area contributed by atoms with Gasteiger partial charge in [-0.1, -0.05) is 47.6 Å². The van der Waals surface area contributed by atoms with Gasteiger partial charge in [-0.2, -0.15) is 40.6 Å². The van der Waals surface area contributed by atoms with Crippen molar-refractivity contribution < 1.29 is 228 Å². The van der Waals surface area contributed by atoms with Gasteiger partial charge in [-0.25, -0.2) is 16.8 Å². The minimum atomic E-state index is -5.27. The number of azo groups is 3. The Morgan fingerprint density at radius 2 is 0.679 bits per heavy atom. The van der Waals surface area contributed by atoms with Crippen LogP contribution in [0.5, 0.6) is 17.2 Å². The molecule has 0 unspecified atom stereocenters. The summed E-state index contributed by atoms with van der Waals surface area (Å²) in [5.41, 5.74) is 9.00. The number of benzene rings is 8. The maximum atomic E-state index is 13.6. The van der Waals surface area contributed by atoms with E-state index in [1.54, 1.807) is 24.3 Å². The minimum Gasteiger partial charge on any atom is -0.871 e. The second-order valence-electron chi connectivity index (χ2n) is 15.3. The molecule has 0 fully saturated rings. The Balaban J connectivity index is 0.00000320. The second-order valence-corrected chi connectivity index (χ2v) is 22.2. The number of nitrogens with zero attached hydrogens (tertiary/aromatic N) is 6. The third-order valence-corrected chi connectivity index (χ3v) is 14.8. The van der Waals surface area contributed by atoms with Crippen LogP contribution in [0.15, 0.2) is 164 Å². The maximum absolute atomic E-state index is 13.6. The summed E-state index contributed by atoms with van der Waals surface area (Å²) in [4.78, 5) is -4.94. The monoisotopic (exact) mass is 1200 g/mol. The summed E-state index contributed by atoms with van der Waals surface area (Å²) >= 11 is 0. The summed E-state index contributed by atoms with van der Waals surface area (Å²) in [6.45, 7) is 0. The zero-order chi connectivity index (χ0) is 53.3. The van der Waals surface area contributed by atoms with Crippen molar-refractivity contribution in [3.63, 3.8) is 0 Å². The smallest absolute Gasteiger partial charge is 0.871 e. The van der Waals surface area contributed by atoms with Crippen LogP contribution in [0.1, 0.15) is 0 Å². The predicted molar refractivity (Wildman–Crippen MR) is 249 cm³/mol. The van der Waals surface area contributed by atoms with Crippen LogP contribution in [0.4, 0.5) is 45.5 Å². The first-order chi connectivity index (χ1) is 33.9. The first kappa shape index (κ1) is 69.2. The predicted octanol–water partition coefficient (Wildman–Crippen LogP) is -8.99. The average Bonchev–Trinajstić information content (AvgIpc) is 3.28. The van der Waals surface area contributed by atoms with E-state index in [0.717, 1.165) is 30.3 Å². The molecule has 0 saturated carbocycles. The van der Waals surface area contributed by atoms with Crippen LogP contribution in [0, 0.1) is 0 Å². The van der Waals surface area contributed by atoms with E-state index in [-0.39, 0.29) is 181 Å². The fourth-order valence-electron chi connectivity index (χ4n) is 7.26. The van der Waals surface area contributed by atoms with Crippen LogP contribution in [0.25, 0.3) is 43.4 Å². The Labute approximate surface area is 552 Å². The van der Waals surface area contributed by atoms with E-state index in [1.165, 1.54) is 24.3 Å². The molecule has 7 N–H and O–H groups in total. The summed E-state index contributed by atoms with van der Waals surface area (Å²) in [6.07, 6.45) is 0. The first-order valence-electron chi connectivity index (χ1n) is 19.6. The number of hydrogen-bond acceptors (Lipinski definition) is 23. The van der Waals surface area contributed by atoms with Gasteiger partial charge >= 0.3 is 148 Å². The van der Waals surface area contributed by atoms with Gasteiger partial charge in [0.05, 0.1) is 43.9 Å². The molecule has 8 rings (SSSR count). The topological polar surface area (TPSA) is 473 Å². The average molecular weight is 1200 g/mol. The van der Waals surface area contributed by atoms with Crippen molar-refractivity contribution in [3.05, 3.63) is 109 Å². The van der Waals surface area contributed by atoms with E-state index in [1.807, 2.05) is 0 Å². The number of anilines is 2. The van der Waals surface area contributed by atoms with E-state index in [0.29, 0.717) is 41.5 Å². The Morgan fingerprint density at radius 1 is 0.372 bits per heavy atom. The zero-order valence-corrected chi connectivity index (χ0v) is 54.8. The van der Waals surface area contributed by atoms with Gasteiger partial charge in [0.15, 0.2) is 0 Å². The van der Waals surface area contributed by atoms with Crippen LogP contribution in [0.3, 0.4) is 0 Å². The number of rotatable bonds is 12. The van der Waals surface area contributed by atoms with E-state index in [4.69, 9.17) is 11.5 Å². The summed E-state index contributed by atoms with van der Waals surface area (Å²) in [7, 11) is -25.8. The molecular formula is C42H25N8Na5O18S5. The van der Waals surface area contributed by atoms with E-state index in [9.17, 15) is 80.2 Å². The molecular weight excluding hydrogens is 1180 g/mol. The van der Waals surface area contributed by atoms with Crippen LogP contribution < -0.4 is 175 Å². The summed E-state index contributed by atoms with van der Waals surface area (Å²) < 4.78 is 173. The molecule has 0 heterocycles. The van der Waals surface area contributed by atoms with E-state index < -0.39 is 137 Å². The molecule has 36 heteroatoms. The Hall–Kier alpha value is -3.11. The third kappa shape index (κ3) is 14.9. The van der Waals surface area contributed by atoms with Gasteiger partial charge < -0.3 is 35.9 Å². The van der Waals surface area contributed by atoms with E-state index in [2.05, 4.69) is 30.7 Å². The quantitative estimate of drug-likeness (QED) is 0.0328. The van der Waals surface area contributed by atoms with Crippen molar-refractivity contribution in [3.8, 4) is 28.4 Å². The molecule has 78 heavy (non-hydrogen) atoms. The van der Waals surface area contributed by atoms with Crippen molar-refractivity contribution in [1.82, 2.24) is 0 Å². The standard InChI is InChI=1S/C42H30N8O18S5.5Na/c43-30-17-27(69(54,55)56)12-22-15-33(72(63,64)65)38(41(52)35(22)30)49-46-25-7-3-20(4-8-25)19-1-5-24(6-2-19)45-48-37-32(71(60,61)62)14-21-11-26(9-10-29(21)40(37)51)47-50-39-34(73(66,67)68)16-23-13-28(70(57,58)59)18-31(44)36(23)42(39)53;;;;;/h1-18,51-53H,43-44H2,(H,54,55,56)(H,57,58,59)(H,60,61,62)(H,63,64,65)(H,66,67,68);;;;;/q;5*+1/p-5. The maximum Gasteiger partial charge on any atom is 1.00 e. The second kappa shape index (κ2) is 26.0. The van der Waals surface area contributed by atoms with Gasteiger partial charge in [-0.15, -0.1) is 15.3 Å². The molecule has 0 amide bonds. The molecule has 0 aliphatic carbocycles. The number of nitrogen functional groups attached to an aromatic ring is 2. The van der Waals surface area contributed by atoms with Crippen LogP contribution in [-0.2, 0) is 50.6 Å². The number of fused-ring (bicyclic) bond motifs is 3. The summed E-state index contributed by atoms with van der Waals surface area (Å²) in [5.74, 6) is -3.44. The molecule has 0 spiro atoms. The van der Waals surface area contributed by atoms with Crippen molar-refractivity contribution in [2.45, 2.75) is 24.5 Å². The van der Waals surface area contributed by atoms with Crippen molar-refractivity contribution in [2.75, 3.05) is 11.5 Å². The molecule has 8 aromatic rings. The van der Waals surface area contributed by atoms with Crippen molar-refractivity contribution in [1.29, 1.82) is 0 Å². The van der Waals surface area contributed by atoms with Gasteiger partial charge in [0.2, 0.25) is 0 Å². The first-order valence-corrected chi connectivity index (χ1v) is 26.8. The molecule has 0 atom stereocenters. The molecule has 0 aromatic heterocycles. The SMILES string of the molecule is Nc1cc(S(=O)(=O)[O-])cc2cc(S(=O)(=O)O)c(N=Nc3ccc(-c4ccc(N=Nc5c(S(=O)(=O)O)cc6cc(N=Nc7c(S(=O)(=O)O)cc8cc(S(=O)(=O)[O-])cc(N)c8c7[O-])ccc6c5[O-])cc4)cc3)c([O-])c12.[Na+].[Na+].[Na+].[Na+].[Na+]. The Bertz CT molecular complexity index is 4410. The molecule has 8 aromatic carbocycles. The molecule has 0 saturated heterocycles. The molecule has 0 radical (unpaired) electrons. The van der Waals surface area contributed by atoms with Gasteiger partial charge in [-0.3, -0.25) is 13.7 Å². The third-order valence-electron chi connectivity index (χ3n) is 10.6. The van der Waals surface area contributed by atoms with Gasteiger partial charge in [0.25, 0.3) is 30.4 Å². The van der Waals surface area contributed by atoms with Crippen molar-refractivity contribution in [2.24, 2.45) is 30.7 Å². The molecule has 26 nitrogen and oxygen atoms in total. The van der Waals surface area contributed by atoms with Gasteiger partial charge in [0.1, 0.15) is 34.9 Å². The largest absolute Gasteiger partial charge is 1.00 e. The Kier molecular flexibility index (Phi) is 23.0. The fraction of sp³-hybridized carbons (Fsp3) is 0. The normalized spacial score (nSPS) is 12.3. The Morgan fingerprint density at radius 3 is 1.01 bits per heavy atom. The van der Waals surface area contributed by atoms with Crippen LogP contribution >= 0.6 is 0 Å². The van der Waals surface area contributed by atoms with Crippen LogP contribution in [0.2, 0.25) is 0 Å². The summed E-state index contributed by atoms with van der Waals surface area (Å²) in [6, 6.07) is 20.2. The fourth-order valence-corrected chi connectivity index (χ4v) is 10.3. The number of hydrogen-bond donors (Lipinski definition) is 5. The van der Waals surface area contributed by atoms with Gasteiger partial charge in [0, 0.05) is 11.4 Å².